The van der Waals surface area contributed by atoms with E-state index >= 15 is 0 Å². The SMILES string of the molecule is O=C([O-])c1ccccc1C(=O)NCCCc1c(C(=O)[O-])[nH]c2cc3c(cc12)OCCO3. The third-order valence-electron chi connectivity index (χ3n) is 5.05. The molecule has 0 fully saturated rings. The van der Waals surface area contributed by atoms with E-state index in [1.807, 2.05) is 0 Å². The fraction of sp³-hybridized carbons (Fsp3) is 0.227. The minimum Gasteiger partial charge on any atom is -0.545 e. The van der Waals surface area contributed by atoms with Gasteiger partial charge in [-0.25, -0.2) is 0 Å². The Morgan fingerprint density at radius 1 is 0.968 bits per heavy atom. The normalized spacial score (nSPS) is 12.5. The van der Waals surface area contributed by atoms with E-state index in [0.717, 1.165) is 0 Å². The highest BCUT2D eigenvalue weighted by atomic mass is 16.6. The molecule has 9 nitrogen and oxygen atoms in total. The van der Waals surface area contributed by atoms with E-state index < -0.39 is 17.8 Å². The van der Waals surface area contributed by atoms with Crippen LogP contribution in [0.1, 0.15) is 43.2 Å². The molecule has 2 aromatic carbocycles. The summed E-state index contributed by atoms with van der Waals surface area (Å²) in [4.78, 5) is 38.0. The summed E-state index contributed by atoms with van der Waals surface area (Å²) in [6.45, 7) is 1.04. The van der Waals surface area contributed by atoms with E-state index in [4.69, 9.17) is 9.47 Å². The van der Waals surface area contributed by atoms with Gasteiger partial charge in [-0.15, -0.1) is 0 Å². The predicted molar refractivity (Wildman–Crippen MR) is 105 cm³/mol. The number of carbonyl (C=O) groups excluding carboxylic acids is 3. The van der Waals surface area contributed by atoms with Crippen molar-refractivity contribution in [3.8, 4) is 11.5 Å². The van der Waals surface area contributed by atoms with Gasteiger partial charge in [0.1, 0.15) is 13.2 Å². The molecule has 0 saturated carbocycles. The second-order valence-electron chi connectivity index (χ2n) is 7.00. The lowest BCUT2D eigenvalue weighted by atomic mass is 10.0. The van der Waals surface area contributed by atoms with Gasteiger partial charge in [0.15, 0.2) is 11.5 Å². The number of carbonyl (C=O) groups is 3. The maximum atomic E-state index is 12.3. The quantitative estimate of drug-likeness (QED) is 0.511. The highest BCUT2D eigenvalue weighted by Crippen LogP contribution is 2.36. The number of H-pyrrole nitrogens is 1. The molecule has 0 aliphatic carbocycles. The van der Waals surface area contributed by atoms with E-state index in [1.165, 1.54) is 18.2 Å². The Morgan fingerprint density at radius 2 is 1.65 bits per heavy atom. The number of hydrogen-bond donors (Lipinski definition) is 2. The first-order valence-corrected chi connectivity index (χ1v) is 9.70. The maximum absolute atomic E-state index is 12.3. The first-order valence-electron chi connectivity index (χ1n) is 9.70. The summed E-state index contributed by atoms with van der Waals surface area (Å²) >= 11 is 0. The Labute approximate surface area is 176 Å². The number of aryl methyl sites for hydroxylation is 1. The average molecular weight is 422 g/mol. The minimum absolute atomic E-state index is 0.00814. The highest BCUT2D eigenvalue weighted by Gasteiger charge is 2.19. The lowest BCUT2D eigenvalue weighted by molar-refractivity contribution is -0.256. The summed E-state index contributed by atoms with van der Waals surface area (Å²) in [5.74, 6) is -2.24. The van der Waals surface area contributed by atoms with E-state index in [9.17, 15) is 24.6 Å². The summed E-state index contributed by atoms with van der Waals surface area (Å²) in [5, 5.41) is 26.1. The number of aromatic nitrogens is 1. The second-order valence-corrected chi connectivity index (χ2v) is 7.00. The number of carboxylic acid groups (broad SMARTS) is 2. The molecule has 0 atom stereocenters. The number of ether oxygens (including phenoxy) is 2. The van der Waals surface area contributed by atoms with Crippen LogP contribution in [-0.2, 0) is 6.42 Å². The number of amides is 1. The maximum Gasteiger partial charge on any atom is 0.251 e. The highest BCUT2D eigenvalue weighted by molar-refractivity contribution is 6.04. The number of benzene rings is 2. The average Bonchev–Trinajstić information content (AvgIpc) is 3.12. The van der Waals surface area contributed by atoms with Gasteiger partial charge in [-0.3, -0.25) is 4.79 Å². The lowest BCUT2D eigenvalue weighted by Crippen LogP contribution is -2.30. The fourth-order valence-electron chi connectivity index (χ4n) is 3.64. The van der Waals surface area contributed by atoms with Crippen molar-refractivity contribution in [1.82, 2.24) is 10.3 Å². The molecule has 2 N–H and O–H groups in total. The molecule has 0 spiro atoms. The third kappa shape index (κ3) is 4.02. The second kappa shape index (κ2) is 8.39. The van der Waals surface area contributed by atoms with Crippen molar-refractivity contribution in [3.63, 3.8) is 0 Å². The van der Waals surface area contributed by atoms with Gasteiger partial charge in [0.2, 0.25) is 0 Å². The summed E-state index contributed by atoms with van der Waals surface area (Å²) in [6, 6.07) is 9.20. The van der Waals surface area contributed by atoms with Crippen molar-refractivity contribution in [2.45, 2.75) is 12.8 Å². The molecule has 3 aromatic rings. The molecule has 160 valence electrons. The molecule has 1 amide bonds. The van der Waals surface area contributed by atoms with Crippen molar-refractivity contribution in [3.05, 3.63) is 58.8 Å². The van der Waals surface area contributed by atoms with Gasteiger partial charge >= 0.3 is 0 Å². The van der Waals surface area contributed by atoms with Crippen LogP contribution in [0.2, 0.25) is 0 Å². The summed E-state index contributed by atoms with van der Waals surface area (Å²) in [7, 11) is 0. The van der Waals surface area contributed by atoms with Crippen LogP contribution >= 0.6 is 0 Å². The number of aromatic carboxylic acids is 2. The molecule has 0 radical (unpaired) electrons. The van der Waals surface area contributed by atoms with Crippen molar-refractivity contribution in [2.24, 2.45) is 0 Å². The Bertz CT molecular complexity index is 1180. The number of nitrogens with one attached hydrogen (secondary N) is 2. The van der Waals surface area contributed by atoms with Crippen molar-refractivity contribution < 1.29 is 34.1 Å². The van der Waals surface area contributed by atoms with Crippen LogP contribution in [0.3, 0.4) is 0 Å². The van der Waals surface area contributed by atoms with E-state index in [0.29, 0.717) is 54.0 Å². The van der Waals surface area contributed by atoms with Crippen LogP contribution in [0.4, 0.5) is 0 Å². The largest absolute Gasteiger partial charge is 0.545 e. The molecule has 2 heterocycles. The zero-order valence-electron chi connectivity index (χ0n) is 16.4. The molecule has 1 aliphatic heterocycles. The number of aromatic amines is 1. The molecule has 1 aromatic heterocycles. The van der Waals surface area contributed by atoms with Crippen LogP contribution in [0, 0.1) is 0 Å². The summed E-state index contributed by atoms with van der Waals surface area (Å²) < 4.78 is 11.1. The Kier molecular flexibility index (Phi) is 5.48. The molecule has 1 aliphatic rings. The van der Waals surface area contributed by atoms with Gasteiger partial charge < -0.3 is 39.6 Å². The zero-order valence-corrected chi connectivity index (χ0v) is 16.4. The first kappa shape index (κ1) is 20.3. The van der Waals surface area contributed by atoms with Gasteiger partial charge in [-0.05, 0) is 30.5 Å². The zero-order chi connectivity index (χ0) is 22.0. The lowest BCUT2D eigenvalue weighted by Gasteiger charge is -2.18. The predicted octanol–water partition coefficient (Wildman–Crippen LogP) is 0.0287. The van der Waals surface area contributed by atoms with E-state index in [2.05, 4.69) is 10.3 Å². The summed E-state index contributed by atoms with van der Waals surface area (Å²) in [5.41, 5.74) is 0.907. The molecule has 9 heteroatoms. The Balaban J connectivity index is 1.49. The van der Waals surface area contributed by atoms with Gasteiger partial charge in [-0.2, -0.15) is 0 Å². The number of carboxylic acids is 2. The van der Waals surface area contributed by atoms with Gasteiger partial charge in [0.05, 0.1) is 23.1 Å². The van der Waals surface area contributed by atoms with Crippen molar-refractivity contribution >= 4 is 28.7 Å². The van der Waals surface area contributed by atoms with Crippen LogP contribution in [0.15, 0.2) is 36.4 Å². The van der Waals surface area contributed by atoms with Crippen LogP contribution < -0.4 is 25.0 Å². The van der Waals surface area contributed by atoms with Crippen molar-refractivity contribution in [1.29, 1.82) is 0 Å². The van der Waals surface area contributed by atoms with E-state index in [-0.39, 0.29) is 23.4 Å². The summed E-state index contributed by atoms with van der Waals surface area (Å²) in [6.07, 6.45) is 0.756. The Hall–Kier alpha value is -4.01. The Morgan fingerprint density at radius 3 is 2.32 bits per heavy atom. The molecule has 31 heavy (non-hydrogen) atoms. The van der Waals surface area contributed by atoms with Crippen molar-refractivity contribution in [2.75, 3.05) is 19.8 Å². The first-order chi connectivity index (χ1) is 15.0. The fourth-order valence-corrected chi connectivity index (χ4v) is 3.64. The van der Waals surface area contributed by atoms with Crippen LogP contribution in [0.5, 0.6) is 11.5 Å². The third-order valence-corrected chi connectivity index (χ3v) is 5.05. The number of hydrogen-bond acceptors (Lipinski definition) is 7. The topological polar surface area (TPSA) is 144 Å². The molecule has 0 unspecified atom stereocenters. The van der Waals surface area contributed by atoms with Crippen LogP contribution in [0.25, 0.3) is 10.9 Å². The molecule has 0 saturated heterocycles. The van der Waals surface area contributed by atoms with Gasteiger partial charge in [0.25, 0.3) is 5.91 Å². The van der Waals surface area contributed by atoms with Crippen LogP contribution in [-0.4, -0.2) is 42.6 Å². The molecule has 0 bridgehead atoms. The number of rotatable bonds is 7. The number of fused-ring (bicyclic) bond motifs is 2. The van der Waals surface area contributed by atoms with Gasteiger partial charge in [0, 0.05) is 29.1 Å². The molecular weight excluding hydrogens is 404 g/mol. The minimum atomic E-state index is -1.43. The smallest absolute Gasteiger partial charge is 0.251 e. The molecular formula is C22H18N2O7-2. The van der Waals surface area contributed by atoms with Gasteiger partial charge in [-0.1, -0.05) is 18.2 Å². The van der Waals surface area contributed by atoms with E-state index in [1.54, 1.807) is 18.2 Å². The monoisotopic (exact) mass is 422 g/mol. The molecule has 4 rings (SSSR count). The standard InChI is InChI=1S/C22H20N2O7/c25-20(13-4-1-2-5-14(13)21(26)27)23-7-3-6-12-15-10-17-18(31-9-8-30-17)11-16(15)24-19(12)22(28)29/h1-2,4-5,10-11,24H,3,6-9H2,(H,23,25)(H,26,27)(H,28,29)/p-2.